The Morgan fingerprint density at radius 2 is 1.25 bits per heavy atom. The Labute approximate surface area is 366 Å². The van der Waals surface area contributed by atoms with E-state index in [1.54, 1.807) is 6.07 Å². The average Bonchev–Trinajstić information content (AvgIpc) is 4.10. The lowest BCUT2D eigenvalue weighted by Gasteiger charge is -2.35. The number of nitriles is 1. The minimum absolute atomic E-state index is 0.261. The van der Waals surface area contributed by atoms with Gasteiger partial charge >= 0.3 is 0 Å². The highest BCUT2D eigenvalue weighted by molar-refractivity contribution is 5.86. The summed E-state index contributed by atoms with van der Waals surface area (Å²) in [5.74, 6) is 1.91. The highest BCUT2D eigenvalue weighted by Gasteiger charge is 2.29. The molecule has 0 saturated carbocycles. The minimum atomic E-state index is -1.06. The van der Waals surface area contributed by atoms with Gasteiger partial charge in [-0.25, -0.2) is 0 Å². The first-order valence-electron chi connectivity index (χ1n) is 21.3. The topological polar surface area (TPSA) is 243 Å². The van der Waals surface area contributed by atoms with Gasteiger partial charge in [0, 0.05) is 66.2 Å². The van der Waals surface area contributed by atoms with Gasteiger partial charge in [-0.3, -0.25) is 4.90 Å². The van der Waals surface area contributed by atoms with Crippen LogP contribution in [0.15, 0.2) is 100 Å². The number of aliphatic hydroxyl groups is 4. The summed E-state index contributed by atoms with van der Waals surface area (Å²) in [5.41, 5.74) is 18.7. The van der Waals surface area contributed by atoms with Crippen LogP contribution < -0.4 is 11.5 Å². The van der Waals surface area contributed by atoms with Crippen LogP contribution in [0.1, 0.15) is 54.5 Å². The molecule has 15 heteroatoms. The lowest BCUT2D eigenvalue weighted by molar-refractivity contribution is 0.0786. The summed E-state index contributed by atoms with van der Waals surface area (Å²) < 4.78 is 12.9. The molecule has 328 valence electrons. The van der Waals surface area contributed by atoms with Crippen molar-refractivity contribution in [2.75, 3.05) is 39.5 Å². The molecule has 3 aromatic heterocycles. The van der Waals surface area contributed by atoms with E-state index < -0.39 is 11.1 Å². The Morgan fingerprint density at radius 3 is 1.90 bits per heavy atom. The minimum Gasteiger partial charge on any atom is -0.394 e. The zero-order valence-corrected chi connectivity index (χ0v) is 35.7. The van der Waals surface area contributed by atoms with Crippen molar-refractivity contribution in [3.63, 3.8) is 0 Å². The molecule has 0 bridgehead atoms. The van der Waals surface area contributed by atoms with Gasteiger partial charge in [0.2, 0.25) is 11.6 Å². The van der Waals surface area contributed by atoms with E-state index in [1.807, 2.05) is 65.5 Å². The number of fused-ring (bicyclic) bond motifs is 2. The lowest BCUT2D eigenvalue weighted by Crippen LogP contribution is -2.56. The second-order valence-electron chi connectivity index (χ2n) is 16.6. The number of aliphatic hydroxyl groups excluding tert-OH is 4. The quantitative estimate of drug-likeness (QED) is 0.0727. The summed E-state index contributed by atoms with van der Waals surface area (Å²) >= 11 is 0. The molecular formula is C48H55N9O6. The van der Waals surface area contributed by atoms with Crippen LogP contribution in [0.5, 0.6) is 0 Å². The van der Waals surface area contributed by atoms with Gasteiger partial charge in [0.1, 0.15) is 0 Å². The van der Waals surface area contributed by atoms with Crippen molar-refractivity contribution in [2.45, 2.75) is 70.1 Å². The molecule has 0 saturated heterocycles. The predicted molar refractivity (Wildman–Crippen MR) is 240 cm³/mol. The van der Waals surface area contributed by atoms with E-state index in [1.165, 1.54) is 16.7 Å². The van der Waals surface area contributed by atoms with E-state index in [0.717, 1.165) is 77.2 Å². The number of aromatic nitrogens is 5. The molecule has 15 nitrogen and oxygen atoms in total. The smallest absolute Gasteiger partial charge is 0.258 e. The molecule has 8 rings (SSSR count). The van der Waals surface area contributed by atoms with Crippen molar-refractivity contribution < 1.29 is 29.5 Å². The number of benzene rings is 4. The number of hydrogen-bond donors (Lipinski definition) is 6. The molecule has 63 heavy (non-hydrogen) atoms. The lowest BCUT2D eigenvalue weighted by atomic mass is 9.95. The molecule has 0 radical (unpaired) electrons. The van der Waals surface area contributed by atoms with Gasteiger partial charge in [-0.15, -0.1) is 0 Å². The average molecular weight is 854 g/mol. The highest BCUT2D eigenvalue weighted by Crippen LogP contribution is 2.30. The van der Waals surface area contributed by atoms with Gasteiger partial charge in [-0.2, -0.15) is 15.2 Å². The van der Waals surface area contributed by atoms with Crippen LogP contribution in [-0.2, 0) is 32.4 Å². The van der Waals surface area contributed by atoms with Crippen molar-refractivity contribution in [3.8, 4) is 51.8 Å². The van der Waals surface area contributed by atoms with Gasteiger partial charge in [-0.05, 0) is 83.3 Å². The van der Waals surface area contributed by atoms with E-state index in [0.29, 0.717) is 48.6 Å². The summed E-state index contributed by atoms with van der Waals surface area (Å²) in [5, 5.41) is 57.6. The monoisotopic (exact) mass is 853 g/mol. The molecule has 1 aliphatic rings. The number of nitrogens with zero attached hydrogens (tertiary/aromatic N) is 7. The molecule has 8 N–H and O–H groups in total. The first-order valence-corrected chi connectivity index (χ1v) is 21.3. The molecule has 0 atom stereocenters. The van der Waals surface area contributed by atoms with Crippen molar-refractivity contribution in [1.29, 1.82) is 5.26 Å². The fourth-order valence-corrected chi connectivity index (χ4v) is 7.74. The van der Waals surface area contributed by atoms with Gasteiger partial charge in [0.05, 0.1) is 49.1 Å². The fraction of sp³-hybridized carbons (Fsp3) is 0.354. The van der Waals surface area contributed by atoms with E-state index in [-0.39, 0.29) is 26.4 Å². The number of aryl methyl sites for hydroxylation is 2. The van der Waals surface area contributed by atoms with Crippen LogP contribution in [-0.4, -0.2) is 101 Å². The number of nitrogens with two attached hydrogens (primary N) is 2. The second-order valence-corrected chi connectivity index (χ2v) is 16.6. The van der Waals surface area contributed by atoms with Crippen LogP contribution in [0.2, 0.25) is 0 Å². The van der Waals surface area contributed by atoms with Crippen molar-refractivity contribution >= 4 is 10.8 Å². The van der Waals surface area contributed by atoms with Crippen LogP contribution in [0.25, 0.3) is 56.5 Å². The molecule has 7 aromatic rings. The molecule has 0 spiro atoms. The van der Waals surface area contributed by atoms with Crippen LogP contribution in [0.4, 0.5) is 0 Å². The summed E-state index contributed by atoms with van der Waals surface area (Å²) in [6.45, 7) is 5.36. The third-order valence-electron chi connectivity index (χ3n) is 11.4. The molecule has 0 fully saturated rings. The van der Waals surface area contributed by atoms with Crippen LogP contribution in [0, 0.1) is 11.3 Å². The van der Waals surface area contributed by atoms with E-state index in [9.17, 15) is 25.7 Å². The first-order chi connectivity index (χ1) is 30.5. The summed E-state index contributed by atoms with van der Waals surface area (Å²) in [7, 11) is 0. The summed E-state index contributed by atoms with van der Waals surface area (Å²) in [6, 6.07) is 28.1. The van der Waals surface area contributed by atoms with Gasteiger partial charge in [0.25, 0.3) is 11.8 Å². The molecule has 1 aliphatic heterocycles. The Hall–Kier alpha value is -6.09. The summed E-state index contributed by atoms with van der Waals surface area (Å²) in [4.78, 5) is 11.3. The maximum absolute atomic E-state index is 9.47. The largest absolute Gasteiger partial charge is 0.394 e. The molecule has 4 heterocycles. The Balaban J connectivity index is 0.000000190. The highest BCUT2D eigenvalue weighted by atomic mass is 16.5. The molecule has 4 aromatic carbocycles. The molecule has 0 amide bonds. The second kappa shape index (κ2) is 20.0. The van der Waals surface area contributed by atoms with E-state index in [2.05, 4.69) is 69.4 Å². The Morgan fingerprint density at radius 1 is 0.667 bits per heavy atom. The normalized spacial score (nSPS) is 13.1. The first kappa shape index (κ1) is 44.9. The van der Waals surface area contributed by atoms with E-state index in [4.69, 9.17) is 20.5 Å². The summed E-state index contributed by atoms with van der Waals surface area (Å²) in [6.07, 6.45) is 8.69. The molecular weight excluding hydrogens is 799 g/mol. The SMILES string of the molecule is CCCc1ccc(-c2nc(-c3ccc4c(c3)CCN(CC(N)(CO)CO)C4)no2)cc1C#N.CCCc1ccc(-c2nc(-c3ccc4cn(CC(N)(CO)CO)cc4c3)no2)cc1. The van der Waals surface area contributed by atoms with Crippen molar-refractivity contribution in [3.05, 3.63) is 119 Å². The Kier molecular flexibility index (Phi) is 14.2. The van der Waals surface area contributed by atoms with Gasteiger partial charge in [-0.1, -0.05) is 79.5 Å². The maximum Gasteiger partial charge on any atom is 0.258 e. The van der Waals surface area contributed by atoms with Crippen molar-refractivity contribution in [2.24, 2.45) is 11.5 Å². The zero-order chi connectivity index (χ0) is 44.6. The third-order valence-corrected chi connectivity index (χ3v) is 11.4. The predicted octanol–water partition coefficient (Wildman–Crippen LogP) is 5.26. The fourth-order valence-electron chi connectivity index (χ4n) is 7.74. The maximum atomic E-state index is 9.47. The number of hydrogen-bond acceptors (Lipinski definition) is 14. The molecule has 0 aliphatic carbocycles. The van der Waals surface area contributed by atoms with Crippen LogP contribution in [0.3, 0.4) is 0 Å². The standard InChI is InChI=1S/C25H29N5O3.C23H26N4O3/c1-2-3-17-4-6-20(11-22(17)12-26)24-28-23(29-33-24)19-5-7-21-13-30(9-8-18(21)10-19)14-25(27,15-31)16-32;1-2-3-16-4-6-17(7-5-16)22-25-21(26-30-22)18-8-9-19-11-27(12-20(19)10-18)13-23(24,14-28)15-29/h4-7,10-11,31-32H,2-3,8-9,13-16,27H2,1H3;4-12,28-29H,2-3,13-15,24H2,1H3. The van der Waals surface area contributed by atoms with E-state index >= 15 is 0 Å². The number of rotatable bonds is 16. The van der Waals surface area contributed by atoms with Gasteiger partial charge < -0.3 is 45.5 Å². The van der Waals surface area contributed by atoms with Gasteiger partial charge in [0.15, 0.2) is 0 Å². The van der Waals surface area contributed by atoms with Crippen LogP contribution >= 0.6 is 0 Å². The Bertz CT molecular complexity index is 2660. The molecule has 0 unspecified atom stereocenters. The van der Waals surface area contributed by atoms with Crippen molar-refractivity contribution in [1.82, 2.24) is 29.7 Å². The third kappa shape index (κ3) is 10.6. The zero-order valence-electron chi connectivity index (χ0n) is 35.7.